The Morgan fingerprint density at radius 1 is 1.08 bits per heavy atom. The molecular formula is C16H17F3N2O2S. The van der Waals surface area contributed by atoms with Gasteiger partial charge in [-0.2, -0.15) is 8.78 Å². The summed E-state index contributed by atoms with van der Waals surface area (Å²) in [5.41, 5.74) is 1.71. The minimum atomic E-state index is -4.59. The van der Waals surface area contributed by atoms with Gasteiger partial charge in [-0.3, -0.25) is 0 Å². The molecule has 0 aliphatic carbocycles. The molecule has 0 fully saturated rings. The van der Waals surface area contributed by atoms with Gasteiger partial charge in [0.05, 0.1) is 10.6 Å². The van der Waals surface area contributed by atoms with Crippen molar-refractivity contribution in [2.24, 2.45) is 0 Å². The molecule has 0 amide bonds. The zero-order chi connectivity index (χ0) is 17.9. The van der Waals surface area contributed by atoms with Crippen molar-refractivity contribution in [1.29, 1.82) is 0 Å². The lowest BCUT2D eigenvalue weighted by Crippen LogP contribution is -2.11. The molecule has 0 atom stereocenters. The van der Waals surface area contributed by atoms with E-state index in [1.165, 1.54) is 18.2 Å². The maximum atomic E-state index is 13.9. The molecule has 2 aromatic rings. The number of sulfone groups is 1. The first kappa shape index (κ1) is 18.1. The zero-order valence-electron chi connectivity index (χ0n) is 13.1. The van der Waals surface area contributed by atoms with Gasteiger partial charge in [0.2, 0.25) is 9.84 Å². The van der Waals surface area contributed by atoms with Crippen LogP contribution in [-0.2, 0) is 16.4 Å². The van der Waals surface area contributed by atoms with Crippen molar-refractivity contribution in [1.82, 2.24) is 0 Å². The summed E-state index contributed by atoms with van der Waals surface area (Å²) in [7, 11) is -1.11. The van der Waals surface area contributed by atoms with Crippen molar-refractivity contribution in [2.45, 2.75) is 17.2 Å². The van der Waals surface area contributed by atoms with Crippen LogP contribution in [-0.4, -0.2) is 28.3 Å². The number of nitrogens with zero attached hydrogens (tertiary/aromatic N) is 1. The van der Waals surface area contributed by atoms with E-state index in [0.29, 0.717) is 23.5 Å². The molecule has 0 spiro atoms. The summed E-state index contributed by atoms with van der Waals surface area (Å²) >= 11 is 0. The Kier molecular flexibility index (Phi) is 5.38. The van der Waals surface area contributed by atoms with E-state index in [2.05, 4.69) is 5.32 Å². The highest BCUT2D eigenvalue weighted by Gasteiger charge is 2.26. The van der Waals surface area contributed by atoms with E-state index in [4.69, 9.17) is 0 Å². The molecule has 0 saturated carbocycles. The number of benzene rings is 2. The van der Waals surface area contributed by atoms with Gasteiger partial charge in [-0.25, -0.2) is 12.8 Å². The predicted octanol–water partition coefficient (Wildman–Crippen LogP) is 3.50. The summed E-state index contributed by atoms with van der Waals surface area (Å²) in [6.45, 7) is 0.311. The molecule has 2 aromatic carbocycles. The molecule has 0 aliphatic heterocycles. The Labute approximate surface area is 138 Å². The van der Waals surface area contributed by atoms with Gasteiger partial charge in [0, 0.05) is 26.3 Å². The summed E-state index contributed by atoms with van der Waals surface area (Å²) < 4.78 is 61.4. The monoisotopic (exact) mass is 358 g/mol. The molecule has 130 valence electrons. The molecule has 1 N–H and O–H groups in total. The Hall–Kier alpha value is -2.22. The summed E-state index contributed by atoms with van der Waals surface area (Å²) in [5.74, 6) is -3.80. The zero-order valence-corrected chi connectivity index (χ0v) is 13.9. The lowest BCUT2D eigenvalue weighted by atomic mass is 10.2. The molecule has 2 rings (SSSR count). The van der Waals surface area contributed by atoms with Gasteiger partial charge < -0.3 is 10.2 Å². The maximum Gasteiger partial charge on any atom is 0.341 e. The lowest BCUT2D eigenvalue weighted by molar-refractivity contribution is 0.234. The summed E-state index contributed by atoms with van der Waals surface area (Å²) in [4.78, 5) is 1.22. The van der Waals surface area contributed by atoms with E-state index in [0.717, 1.165) is 12.1 Å². The fourth-order valence-corrected chi connectivity index (χ4v) is 2.81. The second-order valence-corrected chi connectivity index (χ2v) is 7.28. The fourth-order valence-electron chi connectivity index (χ4n) is 2.09. The highest BCUT2D eigenvalue weighted by molar-refractivity contribution is 7.91. The highest BCUT2D eigenvalue weighted by Crippen LogP contribution is 2.22. The first-order valence-corrected chi connectivity index (χ1v) is 8.58. The van der Waals surface area contributed by atoms with Gasteiger partial charge in [-0.05, 0) is 42.0 Å². The molecule has 24 heavy (non-hydrogen) atoms. The largest absolute Gasteiger partial charge is 0.381 e. The number of hydrogen-bond acceptors (Lipinski definition) is 4. The topological polar surface area (TPSA) is 49.4 Å². The van der Waals surface area contributed by atoms with Crippen LogP contribution in [0.2, 0.25) is 0 Å². The number of halogens is 3. The molecule has 0 unspecified atom stereocenters. The first-order chi connectivity index (χ1) is 11.2. The molecular weight excluding hydrogens is 341 g/mol. The fraction of sp³-hybridized carbons (Fsp3) is 0.250. The van der Waals surface area contributed by atoms with E-state index in [-0.39, 0.29) is 5.82 Å². The third-order valence-corrected chi connectivity index (χ3v) is 4.81. The van der Waals surface area contributed by atoms with Crippen LogP contribution in [0.5, 0.6) is 0 Å². The quantitative estimate of drug-likeness (QED) is 0.859. The number of alkyl halides is 2. The SMILES string of the molecule is CN(C)c1ccc(CNc2ccc(S(=O)(=O)C(F)F)cc2)cc1F. The van der Waals surface area contributed by atoms with Crippen LogP contribution >= 0.6 is 0 Å². The third kappa shape index (κ3) is 4.00. The van der Waals surface area contributed by atoms with E-state index in [1.54, 1.807) is 31.1 Å². The van der Waals surface area contributed by atoms with Crippen molar-refractivity contribution >= 4 is 21.2 Å². The third-order valence-electron chi connectivity index (χ3n) is 3.41. The minimum absolute atomic E-state index is 0.311. The van der Waals surface area contributed by atoms with Crippen molar-refractivity contribution in [3.63, 3.8) is 0 Å². The van der Waals surface area contributed by atoms with Gasteiger partial charge in [-0.15, -0.1) is 0 Å². The smallest absolute Gasteiger partial charge is 0.341 e. The van der Waals surface area contributed by atoms with Crippen molar-refractivity contribution in [2.75, 3.05) is 24.3 Å². The van der Waals surface area contributed by atoms with Gasteiger partial charge >= 0.3 is 5.76 Å². The molecule has 0 aliphatic rings. The van der Waals surface area contributed by atoms with Crippen LogP contribution in [0.25, 0.3) is 0 Å². The number of rotatable bonds is 6. The minimum Gasteiger partial charge on any atom is -0.381 e. The Morgan fingerprint density at radius 3 is 2.21 bits per heavy atom. The standard InChI is InChI=1S/C16H17F3N2O2S/c1-21(2)15-8-3-11(9-14(15)17)10-20-12-4-6-13(7-5-12)24(22,23)16(18)19/h3-9,16,20H,10H2,1-2H3. The molecule has 0 aromatic heterocycles. The second-order valence-electron chi connectivity index (χ2n) is 5.36. The first-order valence-electron chi connectivity index (χ1n) is 7.03. The van der Waals surface area contributed by atoms with Crippen LogP contribution in [0.4, 0.5) is 24.5 Å². The van der Waals surface area contributed by atoms with Crippen LogP contribution in [0, 0.1) is 5.82 Å². The molecule has 0 bridgehead atoms. The van der Waals surface area contributed by atoms with Gasteiger partial charge in [-0.1, -0.05) is 6.07 Å². The van der Waals surface area contributed by atoms with Gasteiger partial charge in [0.1, 0.15) is 5.82 Å². The van der Waals surface area contributed by atoms with Crippen LogP contribution < -0.4 is 10.2 Å². The molecule has 0 radical (unpaired) electrons. The van der Waals surface area contributed by atoms with Crippen molar-refractivity contribution in [3.05, 3.63) is 53.8 Å². The molecule has 8 heteroatoms. The van der Waals surface area contributed by atoms with E-state index < -0.39 is 20.5 Å². The van der Waals surface area contributed by atoms with Crippen LogP contribution in [0.3, 0.4) is 0 Å². The Morgan fingerprint density at radius 2 is 1.71 bits per heavy atom. The number of nitrogens with one attached hydrogen (secondary N) is 1. The number of anilines is 2. The Bertz CT molecular complexity index is 807. The van der Waals surface area contributed by atoms with E-state index in [9.17, 15) is 21.6 Å². The van der Waals surface area contributed by atoms with Gasteiger partial charge in [0.15, 0.2) is 0 Å². The van der Waals surface area contributed by atoms with E-state index >= 15 is 0 Å². The van der Waals surface area contributed by atoms with Crippen LogP contribution in [0.1, 0.15) is 5.56 Å². The second kappa shape index (κ2) is 7.12. The van der Waals surface area contributed by atoms with E-state index in [1.807, 2.05) is 0 Å². The summed E-state index contributed by atoms with van der Waals surface area (Å²) in [6.07, 6.45) is 0. The molecule has 0 heterocycles. The summed E-state index contributed by atoms with van der Waals surface area (Å²) in [5, 5.41) is 2.98. The van der Waals surface area contributed by atoms with Gasteiger partial charge in [0.25, 0.3) is 0 Å². The number of hydrogen-bond donors (Lipinski definition) is 1. The van der Waals surface area contributed by atoms with Crippen LogP contribution in [0.15, 0.2) is 47.4 Å². The molecule has 0 saturated heterocycles. The average molecular weight is 358 g/mol. The van der Waals surface area contributed by atoms with Crippen molar-refractivity contribution in [3.8, 4) is 0 Å². The summed E-state index contributed by atoms with van der Waals surface area (Å²) in [6, 6.07) is 9.82. The molecule has 4 nitrogen and oxygen atoms in total. The van der Waals surface area contributed by atoms with Crippen molar-refractivity contribution < 1.29 is 21.6 Å². The normalized spacial score (nSPS) is 11.6. The lowest BCUT2D eigenvalue weighted by Gasteiger charge is -2.14. The highest BCUT2D eigenvalue weighted by atomic mass is 32.2. The average Bonchev–Trinajstić information content (AvgIpc) is 2.53. The Balaban J connectivity index is 2.07. The maximum absolute atomic E-state index is 13.9. The predicted molar refractivity (Wildman–Crippen MR) is 87.7 cm³/mol.